The topological polar surface area (TPSA) is 32.9 Å². The van der Waals surface area contributed by atoms with Gasteiger partial charge in [-0.15, -0.1) is 0 Å². The minimum Gasteiger partial charge on any atom is -0.352 e. The number of hydrogen-bond acceptors (Lipinski definition) is 1. The van der Waals surface area contributed by atoms with Gasteiger partial charge < -0.3 is 4.98 Å². The van der Waals surface area contributed by atoms with Gasteiger partial charge in [0.05, 0.1) is 5.69 Å². The Morgan fingerprint density at radius 2 is 2.00 bits per heavy atom. The van der Waals surface area contributed by atoms with Gasteiger partial charge in [-0.25, -0.2) is 0 Å². The maximum absolute atomic E-state index is 11.3. The van der Waals surface area contributed by atoms with E-state index in [1.165, 1.54) is 0 Å². The highest BCUT2D eigenvalue weighted by molar-refractivity contribution is 6.33. The van der Waals surface area contributed by atoms with Crippen LogP contribution >= 0.6 is 11.6 Å². The minimum absolute atomic E-state index is 0.0378. The summed E-state index contributed by atoms with van der Waals surface area (Å²) in [5, 5.41) is 0.679. The molecule has 0 bridgehead atoms. The van der Waals surface area contributed by atoms with Gasteiger partial charge in [0.15, 0.2) is 5.78 Å². The summed E-state index contributed by atoms with van der Waals surface area (Å²) >= 11 is 6.10. The van der Waals surface area contributed by atoms with Crippen LogP contribution in [0.4, 0.5) is 0 Å². The Hall–Kier alpha value is -1.54. The largest absolute Gasteiger partial charge is 0.352 e. The van der Waals surface area contributed by atoms with Crippen molar-refractivity contribution >= 4 is 17.4 Å². The predicted molar refractivity (Wildman–Crippen MR) is 66.0 cm³/mol. The van der Waals surface area contributed by atoms with Crippen LogP contribution in [0.2, 0.25) is 5.02 Å². The zero-order valence-corrected chi connectivity index (χ0v) is 9.93. The summed E-state index contributed by atoms with van der Waals surface area (Å²) in [6.45, 7) is 3.46. The molecule has 0 aliphatic carbocycles. The van der Waals surface area contributed by atoms with Gasteiger partial charge in [0, 0.05) is 23.2 Å². The van der Waals surface area contributed by atoms with Crippen LogP contribution in [0.15, 0.2) is 30.3 Å². The standard InChI is InChI=1S/C13H12ClNO/c1-8-7-12(15-13(8)9(2)16)10-5-3-4-6-11(10)14/h3-7,15H,1-2H3. The Morgan fingerprint density at radius 1 is 1.31 bits per heavy atom. The Kier molecular flexibility index (Phi) is 2.84. The van der Waals surface area contributed by atoms with Crippen LogP contribution in [-0.4, -0.2) is 10.8 Å². The summed E-state index contributed by atoms with van der Waals surface area (Å²) in [6, 6.07) is 9.51. The number of H-pyrrole nitrogens is 1. The van der Waals surface area contributed by atoms with Crippen molar-refractivity contribution in [2.75, 3.05) is 0 Å². The molecule has 1 heterocycles. The van der Waals surface area contributed by atoms with Crippen molar-refractivity contribution < 1.29 is 4.79 Å². The number of ketones is 1. The molecule has 0 atom stereocenters. The van der Waals surface area contributed by atoms with Crippen LogP contribution in [-0.2, 0) is 0 Å². The molecule has 0 aliphatic rings. The first-order valence-corrected chi connectivity index (χ1v) is 5.43. The lowest BCUT2D eigenvalue weighted by Crippen LogP contribution is -1.94. The fraction of sp³-hybridized carbons (Fsp3) is 0.154. The van der Waals surface area contributed by atoms with Crippen LogP contribution in [0, 0.1) is 6.92 Å². The van der Waals surface area contributed by atoms with E-state index >= 15 is 0 Å². The lowest BCUT2D eigenvalue weighted by atomic mass is 10.1. The number of aryl methyl sites for hydroxylation is 1. The molecule has 2 nitrogen and oxygen atoms in total. The number of aromatic nitrogens is 1. The maximum Gasteiger partial charge on any atom is 0.176 e. The zero-order valence-electron chi connectivity index (χ0n) is 9.17. The molecule has 2 aromatic rings. The number of aromatic amines is 1. The normalized spacial score (nSPS) is 10.4. The monoisotopic (exact) mass is 233 g/mol. The molecule has 82 valence electrons. The molecule has 3 heteroatoms. The maximum atomic E-state index is 11.3. The number of carbonyl (C=O) groups is 1. The Morgan fingerprint density at radius 3 is 2.56 bits per heavy atom. The van der Waals surface area contributed by atoms with Crippen molar-refractivity contribution in [1.82, 2.24) is 4.98 Å². The third kappa shape index (κ3) is 1.89. The first-order valence-electron chi connectivity index (χ1n) is 5.05. The summed E-state index contributed by atoms with van der Waals surface area (Å²) in [4.78, 5) is 14.4. The summed E-state index contributed by atoms with van der Waals surface area (Å²) < 4.78 is 0. The van der Waals surface area contributed by atoms with E-state index in [4.69, 9.17) is 11.6 Å². The van der Waals surface area contributed by atoms with E-state index in [0.29, 0.717) is 10.7 Å². The highest BCUT2D eigenvalue weighted by atomic mass is 35.5. The van der Waals surface area contributed by atoms with Crippen LogP contribution in [0.3, 0.4) is 0 Å². The molecule has 2 rings (SSSR count). The fourth-order valence-electron chi connectivity index (χ4n) is 1.75. The molecule has 0 aliphatic heterocycles. The van der Waals surface area contributed by atoms with E-state index in [0.717, 1.165) is 16.8 Å². The van der Waals surface area contributed by atoms with E-state index in [2.05, 4.69) is 4.98 Å². The zero-order chi connectivity index (χ0) is 11.7. The predicted octanol–water partition coefficient (Wildman–Crippen LogP) is 3.85. The number of halogens is 1. The lowest BCUT2D eigenvalue weighted by molar-refractivity contribution is 0.101. The first-order chi connectivity index (χ1) is 7.59. The quantitative estimate of drug-likeness (QED) is 0.786. The van der Waals surface area contributed by atoms with Crippen LogP contribution in [0.25, 0.3) is 11.3 Å². The van der Waals surface area contributed by atoms with Gasteiger partial charge in [-0.2, -0.15) is 0 Å². The first kappa shape index (κ1) is 11.0. The molecule has 0 radical (unpaired) electrons. The Bertz CT molecular complexity index is 543. The molecule has 0 saturated carbocycles. The number of nitrogens with one attached hydrogen (secondary N) is 1. The third-order valence-electron chi connectivity index (χ3n) is 2.53. The number of benzene rings is 1. The number of hydrogen-bond donors (Lipinski definition) is 1. The molecular formula is C13H12ClNO. The molecule has 0 amide bonds. The highest BCUT2D eigenvalue weighted by Crippen LogP contribution is 2.28. The van der Waals surface area contributed by atoms with E-state index in [9.17, 15) is 4.79 Å². The van der Waals surface area contributed by atoms with Gasteiger partial charge in [-0.1, -0.05) is 29.8 Å². The summed E-state index contributed by atoms with van der Waals surface area (Å²) in [7, 11) is 0. The molecule has 0 spiro atoms. The number of Topliss-reactive ketones (excluding diaryl/α,β-unsaturated/α-hetero) is 1. The Balaban J connectivity index is 2.54. The smallest absolute Gasteiger partial charge is 0.176 e. The van der Waals surface area contributed by atoms with Gasteiger partial charge >= 0.3 is 0 Å². The van der Waals surface area contributed by atoms with Crippen LogP contribution in [0.1, 0.15) is 23.0 Å². The van der Waals surface area contributed by atoms with Crippen LogP contribution in [0.5, 0.6) is 0 Å². The van der Waals surface area contributed by atoms with Crippen molar-refractivity contribution in [3.8, 4) is 11.3 Å². The van der Waals surface area contributed by atoms with Gasteiger partial charge in [0.1, 0.15) is 0 Å². The molecule has 0 unspecified atom stereocenters. The third-order valence-corrected chi connectivity index (χ3v) is 2.86. The average Bonchev–Trinajstić information content (AvgIpc) is 2.61. The second-order valence-corrected chi connectivity index (χ2v) is 4.18. The van der Waals surface area contributed by atoms with Gasteiger partial charge in [-0.3, -0.25) is 4.79 Å². The van der Waals surface area contributed by atoms with Crippen molar-refractivity contribution in [1.29, 1.82) is 0 Å². The second kappa shape index (κ2) is 4.14. The summed E-state index contributed by atoms with van der Waals surface area (Å²) in [5.41, 5.74) is 3.39. The second-order valence-electron chi connectivity index (χ2n) is 3.78. The van der Waals surface area contributed by atoms with E-state index in [1.54, 1.807) is 6.92 Å². The van der Waals surface area contributed by atoms with Gasteiger partial charge in [0.25, 0.3) is 0 Å². The van der Waals surface area contributed by atoms with Crippen LogP contribution < -0.4 is 0 Å². The van der Waals surface area contributed by atoms with E-state index in [-0.39, 0.29) is 5.78 Å². The number of carbonyl (C=O) groups excluding carboxylic acids is 1. The van der Waals surface area contributed by atoms with E-state index in [1.807, 2.05) is 37.3 Å². The SMILES string of the molecule is CC(=O)c1[nH]c(-c2ccccc2Cl)cc1C. The summed E-state index contributed by atoms with van der Waals surface area (Å²) in [6.07, 6.45) is 0. The molecule has 1 N–H and O–H groups in total. The van der Waals surface area contributed by atoms with Gasteiger partial charge in [0.2, 0.25) is 0 Å². The van der Waals surface area contributed by atoms with Crippen molar-refractivity contribution in [3.05, 3.63) is 46.6 Å². The molecule has 16 heavy (non-hydrogen) atoms. The molecule has 1 aromatic heterocycles. The molecule has 0 fully saturated rings. The lowest BCUT2D eigenvalue weighted by Gasteiger charge is -2.00. The van der Waals surface area contributed by atoms with E-state index < -0.39 is 0 Å². The fourth-order valence-corrected chi connectivity index (χ4v) is 1.99. The molecular weight excluding hydrogens is 222 g/mol. The van der Waals surface area contributed by atoms with Crippen molar-refractivity contribution in [2.45, 2.75) is 13.8 Å². The van der Waals surface area contributed by atoms with Gasteiger partial charge in [-0.05, 0) is 24.6 Å². The average molecular weight is 234 g/mol. The Labute approximate surface area is 99.3 Å². The molecule has 0 saturated heterocycles. The number of rotatable bonds is 2. The minimum atomic E-state index is 0.0378. The molecule has 1 aromatic carbocycles. The van der Waals surface area contributed by atoms with Crippen molar-refractivity contribution in [2.24, 2.45) is 0 Å². The van der Waals surface area contributed by atoms with Crippen molar-refractivity contribution in [3.63, 3.8) is 0 Å². The highest BCUT2D eigenvalue weighted by Gasteiger charge is 2.11. The summed E-state index contributed by atoms with van der Waals surface area (Å²) in [5.74, 6) is 0.0378.